The van der Waals surface area contributed by atoms with Crippen LogP contribution in [0.1, 0.15) is 5.69 Å². The Morgan fingerprint density at radius 2 is 1.95 bits per heavy atom. The highest BCUT2D eigenvalue weighted by molar-refractivity contribution is 7.97. The number of hydrogen-bond acceptors (Lipinski definition) is 6. The number of carbonyl (C=O) groups excluding carboxylic acids is 1. The van der Waals surface area contributed by atoms with E-state index in [1.807, 2.05) is 37.3 Å². The van der Waals surface area contributed by atoms with E-state index in [1.165, 1.54) is 11.9 Å². The highest BCUT2D eigenvalue weighted by Crippen LogP contribution is 2.18. The van der Waals surface area contributed by atoms with Crippen LogP contribution in [0.4, 0.5) is 10.7 Å². The van der Waals surface area contributed by atoms with E-state index >= 15 is 0 Å². The number of anilines is 1. The van der Waals surface area contributed by atoms with Crippen molar-refractivity contribution in [1.29, 1.82) is 0 Å². The fraction of sp³-hybridized carbons (Fsp3) is 0.167. The number of hydrazine groups is 1. The quantitative estimate of drug-likeness (QED) is 0.587. The summed E-state index contributed by atoms with van der Waals surface area (Å²) in [6.07, 6.45) is 1.75. The monoisotopic (exact) mass is 290 g/mol. The van der Waals surface area contributed by atoms with E-state index < -0.39 is 0 Å². The highest BCUT2D eigenvalue weighted by Gasteiger charge is 2.07. The molecule has 7 nitrogen and oxygen atoms in total. The van der Waals surface area contributed by atoms with E-state index in [1.54, 1.807) is 6.26 Å². The first-order valence-electron chi connectivity index (χ1n) is 5.82. The smallest absolute Gasteiger partial charge is 0.281 e. The van der Waals surface area contributed by atoms with Gasteiger partial charge in [-0.25, -0.2) is 15.2 Å². The van der Waals surface area contributed by atoms with Gasteiger partial charge in [0.1, 0.15) is 5.69 Å². The Labute approximate surface area is 120 Å². The first-order chi connectivity index (χ1) is 9.70. The van der Waals surface area contributed by atoms with Crippen LogP contribution in [0.2, 0.25) is 0 Å². The number of aryl methyl sites for hydroxylation is 1. The van der Waals surface area contributed by atoms with E-state index in [4.69, 9.17) is 0 Å². The summed E-state index contributed by atoms with van der Waals surface area (Å²) in [6, 6.07) is 9.29. The molecule has 0 atom stereocenters. The molecule has 0 aliphatic rings. The summed E-state index contributed by atoms with van der Waals surface area (Å²) in [5.74, 6) is 0.235. The number of rotatable bonds is 4. The largest absolute Gasteiger partial charge is 0.343 e. The molecule has 0 aliphatic heterocycles. The standard InChI is InChI=1S/C12H14N6OS/c1-8-10(9-6-4-3-5-7-9)14-15-11(13-8)16-17-12(19)18-20-2/h3-7H,1-2H3,(H,13,15,16)(H2,17,18,19). The van der Waals surface area contributed by atoms with Crippen LogP contribution < -0.4 is 15.6 Å². The lowest BCUT2D eigenvalue weighted by Crippen LogP contribution is -2.36. The molecule has 2 rings (SSSR count). The van der Waals surface area contributed by atoms with E-state index in [2.05, 4.69) is 30.8 Å². The number of aromatic nitrogens is 3. The van der Waals surface area contributed by atoms with Gasteiger partial charge in [0.15, 0.2) is 0 Å². The van der Waals surface area contributed by atoms with E-state index in [-0.39, 0.29) is 12.0 Å². The van der Waals surface area contributed by atoms with Crippen molar-refractivity contribution in [3.8, 4) is 11.3 Å². The van der Waals surface area contributed by atoms with Gasteiger partial charge >= 0.3 is 6.03 Å². The molecule has 2 aromatic rings. The van der Waals surface area contributed by atoms with Gasteiger partial charge in [-0.2, -0.15) is 0 Å². The molecule has 104 valence electrons. The average Bonchev–Trinajstić information content (AvgIpc) is 2.46. The van der Waals surface area contributed by atoms with Crippen molar-refractivity contribution in [1.82, 2.24) is 25.3 Å². The van der Waals surface area contributed by atoms with Gasteiger partial charge in [-0.1, -0.05) is 42.3 Å². The number of hydrogen-bond donors (Lipinski definition) is 3. The Hall–Kier alpha value is -2.35. The van der Waals surface area contributed by atoms with Gasteiger partial charge in [0.2, 0.25) is 0 Å². The van der Waals surface area contributed by atoms with Gasteiger partial charge in [0.25, 0.3) is 5.95 Å². The third kappa shape index (κ3) is 3.58. The van der Waals surface area contributed by atoms with Crippen molar-refractivity contribution in [3.63, 3.8) is 0 Å². The minimum absolute atomic E-state index is 0.235. The van der Waals surface area contributed by atoms with Gasteiger partial charge in [0.05, 0.1) is 5.69 Å². The van der Waals surface area contributed by atoms with Crippen molar-refractivity contribution in [2.24, 2.45) is 0 Å². The summed E-state index contributed by atoms with van der Waals surface area (Å²) >= 11 is 1.19. The number of carbonyl (C=O) groups is 1. The van der Waals surface area contributed by atoms with E-state index in [9.17, 15) is 4.79 Å². The van der Waals surface area contributed by atoms with Crippen LogP contribution in [0, 0.1) is 6.92 Å². The second-order valence-electron chi connectivity index (χ2n) is 3.82. The summed E-state index contributed by atoms with van der Waals surface area (Å²) in [5.41, 5.74) is 7.37. The molecule has 8 heteroatoms. The predicted octanol–water partition coefficient (Wildman–Crippen LogP) is 1.75. The zero-order valence-electron chi connectivity index (χ0n) is 11.0. The van der Waals surface area contributed by atoms with Gasteiger partial charge in [-0.05, 0) is 6.92 Å². The number of nitrogens with zero attached hydrogens (tertiary/aromatic N) is 3. The summed E-state index contributed by atoms with van der Waals surface area (Å²) in [5, 5.41) is 8.05. The second kappa shape index (κ2) is 6.71. The topological polar surface area (TPSA) is 91.8 Å². The minimum Gasteiger partial charge on any atom is -0.281 e. The zero-order valence-corrected chi connectivity index (χ0v) is 11.9. The highest BCUT2D eigenvalue weighted by atomic mass is 32.2. The van der Waals surface area contributed by atoms with Gasteiger partial charge < -0.3 is 0 Å². The Bertz CT molecular complexity index is 592. The van der Waals surface area contributed by atoms with Crippen molar-refractivity contribution in [2.45, 2.75) is 6.92 Å². The molecule has 0 spiro atoms. The van der Waals surface area contributed by atoms with Crippen molar-refractivity contribution in [2.75, 3.05) is 11.7 Å². The normalized spacial score (nSPS) is 9.90. The van der Waals surface area contributed by atoms with Crippen molar-refractivity contribution >= 4 is 23.9 Å². The molecule has 0 aliphatic carbocycles. The fourth-order valence-corrected chi connectivity index (χ4v) is 1.79. The van der Waals surface area contributed by atoms with Crippen molar-refractivity contribution < 1.29 is 4.79 Å². The lowest BCUT2D eigenvalue weighted by molar-refractivity contribution is 0.248. The Balaban J connectivity index is 2.08. The third-order valence-electron chi connectivity index (χ3n) is 2.39. The van der Waals surface area contributed by atoms with E-state index in [0.717, 1.165) is 11.3 Å². The summed E-state index contributed by atoms with van der Waals surface area (Å²) < 4.78 is 2.50. The molecule has 0 unspecified atom stereocenters. The van der Waals surface area contributed by atoms with Crippen molar-refractivity contribution in [3.05, 3.63) is 36.0 Å². The molecule has 1 heterocycles. The minimum atomic E-state index is -0.383. The third-order valence-corrected chi connectivity index (χ3v) is 2.78. The lowest BCUT2D eigenvalue weighted by Gasteiger charge is -2.08. The van der Waals surface area contributed by atoms with Crippen LogP contribution in [0.15, 0.2) is 30.3 Å². The molecular weight excluding hydrogens is 276 g/mol. The van der Waals surface area contributed by atoms with E-state index in [0.29, 0.717) is 5.69 Å². The number of amides is 2. The molecule has 0 fully saturated rings. The van der Waals surface area contributed by atoms with Gasteiger partial charge in [-0.3, -0.25) is 10.1 Å². The van der Waals surface area contributed by atoms with Crippen LogP contribution in [0.25, 0.3) is 11.3 Å². The van der Waals surface area contributed by atoms with Crippen LogP contribution in [0.3, 0.4) is 0 Å². The molecule has 1 aromatic heterocycles. The number of benzene rings is 1. The zero-order chi connectivity index (χ0) is 14.4. The fourth-order valence-electron chi connectivity index (χ4n) is 1.55. The first-order valence-corrected chi connectivity index (χ1v) is 7.05. The molecule has 0 bridgehead atoms. The summed E-state index contributed by atoms with van der Waals surface area (Å²) in [7, 11) is 0. The van der Waals surface area contributed by atoms with Crippen LogP contribution in [0.5, 0.6) is 0 Å². The maximum Gasteiger partial charge on any atom is 0.343 e. The molecule has 3 N–H and O–H groups in total. The summed E-state index contributed by atoms with van der Waals surface area (Å²) in [6.45, 7) is 1.84. The molecule has 2 amide bonds. The molecule has 0 saturated carbocycles. The second-order valence-corrected chi connectivity index (χ2v) is 4.43. The van der Waals surface area contributed by atoms with Gasteiger partial charge in [0, 0.05) is 11.8 Å². The summed E-state index contributed by atoms with van der Waals surface area (Å²) in [4.78, 5) is 15.5. The van der Waals surface area contributed by atoms with Gasteiger partial charge in [-0.15, -0.1) is 10.2 Å². The van der Waals surface area contributed by atoms with Crippen LogP contribution in [-0.2, 0) is 0 Å². The SMILES string of the molecule is CSNC(=O)NNc1nnc(-c2ccccc2)c(C)n1. The maximum absolute atomic E-state index is 11.2. The predicted molar refractivity (Wildman–Crippen MR) is 78.8 cm³/mol. The first kappa shape index (κ1) is 14.1. The average molecular weight is 290 g/mol. The molecule has 0 saturated heterocycles. The van der Waals surface area contributed by atoms with Crippen LogP contribution in [-0.4, -0.2) is 27.5 Å². The molecular formula is C12H14N6OS. The number of nitrogens with one attached hydrogen (secondary N) is 3. The molecule has 20 heavy (non-hydrogen) atoms. The Morgan fingerprint density at radius 1 is 1.20 bits per heavy atom. The van der Waals surface area contributed by atoms with Crippen LogP contribution >= 0.6 is 11.9 Å². The lowest BCUT2D eigenvalue weighted by atomic mass is 10.1. The Kier molecular flexibility index (Phi) is 4.72. The maximum atomic E-state index is 11.2. The Morgan fingerprint density at radius 3 is 2.60 bits per heavy atom. The molecule has 0 radical (unpaired) electrons. The number of urea groups is 1. The molecule has 1 aromatic carbocycles.